The monoisotopic (exact) mass is 1220 g/mol. The molecule has 0 saturated carbocycles. The van der Waals surface area contributed by atoms with Gasteiger partial charge in [-0.25, -0.2) is 0 Å². The molecule has 3 aliphatic heterocycles. The molecule has 1 amide bonds. The van der Waals surface area contributed by atoms with Gasteiger partial charge in [0.25, 0.3) is 0 Å². The van der Waals surface area contributed by atoms with Crippen molar-refractivity contribution in [2.45, 2.75) is 349 Å². The van der Waals surface area contributed by atoms with Crippen molar-refractivity contribution in [1.29, 1.82) is 0 Å². The molecule has 0 spiro atoms. The van der Waals surface area contributed by atoms with Crippen LogP contribution in [-0.2, 0) is 33.2 Å². The molecule has 3 rings (SSSR count). The van der Waals surface area contributed by atoms with Gasteiger partial charge in [-0.3, -0.25) is 4.79 Å². The molecule has 3 aliphatic rings. The fraction of sp³-hybridized carbons (Fsp3) is 0.894. The quantitative estimate of drug-likeness (QED) is 0.0202. The van der Waals surface area contributed by atoms with Crippen molar-refractivity contribution in [3.8, 4) is 0 Å². The van der Waals surface area contributed by atoms with Gasteiger partial charge in [0.2, 0.25) is 5.91 Å². The summed E-state index contributed by atoms with van der Waals surface area (Å²) in [7, 11) is 0. The lowest BCUT2D eigenvalue weighted by Crippen LogP contribution is -2.66. The van der Waals surface area contributed by atoms with Gasteiger partial charge in [0.05, 0.1) is 38.6 Å². The van der Waals surface area contributed by atoms with Gasteiger partial charge in [0, 0.05) is 6.42 Å². The Hall–Kier alpha value is -1.99. The van der Waals surface area contributed by atoms with Crippen molar-refractivity contribution in [2.75, 3.05) is 26.4 Å². The van der Waals surface area contributed by atoms with E-state index in [0.717, 1.165) is 44.9 Å². The van der Waals surface area contributed by atoms with Crippen molar-refractivity contribution >= 4 is 5.91 Å². The molecule has 498 valence electrons. The number of ether oxygens (including phenoxy) is 6. The molecule has 19 heteroatoms. The van der Waals surface area contributed by atoms with Crippen LogP contribution in [0.1, 0.15) is 245 Å². The fourth-order valence-electron chi connectivity index (χ4n) is 11.4. The van der Waals surface area contributed by atoms with Crippen LogP contribution in [0.25, 0.3) is 0 Å². The first-order chi connectivity index (χ1) is 41.3. The third kappa shape index (κ3) is 31.5. The third-order valence-electron chi connectivity index (χ3n) is 16.9. The Balaban J connectivity index is 1.48. The number of hydrogen-bond acceptors (Lipinski definition) is 18. The van der Waals surface area contributed by atoms with E-state index in [2.05, 4.69) is 43.5 Å². The first kappa shape index (κ1) is 77.3. The zero-order valence-electron chi connectivity index (χ0n) is 52.3. The zero-order valence-corrected chi connectivity index (χ0v) is 52.3. The maximum Gasteiger partial charge on any atom is 0.220 e. The first-order valence-electron chi connectivity index (χ1n) is 33.7. The second kappa shape index (κ2) is 48.8. The van der Waals surface area contributed by atoms with Gasteiger partial charge in [-0.1, -0.05) is 230 Å². The van der Waals surface area contributed by atoms with Gasteiger partial charge in [0.15, 0.2) is 18.9 Å². The number of amides is 1. The number of rotatable bonds is 51. The van der Waals surface area contributed by atoms with Crippen LogP contribution in [0, 0.1) is 0 Å². The number of carbonyl (C=O) groups excluding carboxylic acids is 1. The van der Waals surface area contributed by atoms with Crippen LogP contribution in [-0.4, -0.2) is 193 Å². The maximum atomic E-state index is 13.4. The molecule has 3 fully saturated rings. The molecule has 0 bridgehead atoms. The van der Waals surface area contributed by atoms with Crippen LogP contribution in [0.3, 0.4) is 0 Å². The highest BCUT2D eigenvalue weighted by Crippen LogP contribution is 2.33. The van der Waals surface area contributed by atoms with Gasteiger partial charge in [-0.05, 0) is 44.9 Å². The molecular weight excluding hydrogens is 1090 g/mol. The van der Waals surface area contributed by atoms with Gasteiger partial charge >= 0.3 is 0 Å². The lowest BCUT2D eigenvalue weighted by atomic mass is 9.96. The second-order valence-electron chi connectivity index (χ2n) is 24.3. The molecule has 12 N–H and O–H groups in total. The normalized spacial score (nSPS) is 29.2. The molecule has 17 atom stereocenters. The average Bonchev–Trinajstić information content (AvgIpc) is 3.64. The summed E-state index contributed by atoms with van der Waals surface area (Å²) in [5, 5.41) is 120. The van der Waals surface area contributed by atoms with E-state index in [9.17, 15) is 61.0 Å². The molecule has 3 heterocycles. The Bertz CT molecular complexity index is 1690. The average molecular weight is 1220 g/mol. The molecule has 3 saturated heterocycles. The van der Waals surface area contributed by atoms with Gasteiger partial charge < -0.3 is 89.9 Å². The first-order valence-corrected chi connectivity index (χ1v) is 33.7. The summed E-state index contributed by atoms with van der Waals surface area (Å²) in [5.74, 6) is -0.287. The molecular formula is C66H121NO18. The van der Waals surface area contributed by atoms with Crippen LogP contribution in [0.5, 0.6) is 0 Å². The number of hydrogen-bond donors (Lipinski definition) is 12. The van der Waals surface area contributed by atoms with Crippen molar-refractivity contribution in [3.63, 3.8) is 0 Å². The Morgan fingerprint density at radius 1 is 0.412 bits per heavy atom. The SMILES string of the molecule is CCCCCCCCCCCCCCC/C=C/CC/C=C/CC/C=C/C(O)C(COC1OC(CO)C(OC2OC(CO)C(OC3OC(CO)C(O)C(O)C3O)C(O)C2O)C(O)C1O)NC(=O)CCCCCCCCCCCCCCCCCCC. The fourth-order valence-corrected chi connectivity index (χ4v) is 11.4. The van der Waals surface area contributed by atoms with Crippen LogP contribution in [0.2, 0.25) is 0 Å². The van der Waals surface area contributed by atoms with E-state index in [1.54, 1.807) is 6.08 Å². The number of allylic oxidation sites excluding steroid dienone is 5. The van der Waals surface area contributed by atoms with Gasteiger partial charge in [-0.2, -0.15) is 0 Å². The van der Waals surface area contributed by atoms with E-state index in [1.165, 1.54) is 167 Å². The van der Waals surface area contributed by atoms with E-state index in [0.29, 0.717) is 12.8 Å². The van der Waals surface area contributed by atoms with Crippen molar-refractivity contribution in [3.05, 3.63) is 36.5 Å². The van der Waals surface area contributed by atoms with Gasteiger partial charge in [0.1, 0.15) is 73.2 Å². The molecule has 0 aromatic heterocycles. The van der Waals surface area contributed by atoms with Crippen LogP contribution >= 0.6 is 0 Å². The molecule has 17 unspecified atom stereocenters. The van der Waals surface area contributed by atoms with Gasteiger partial charge in [-0.15, -0.1) is 0 Å². The minimum Gasteiger partial charge on any atom is -0.394 e. The summed E-state index contributed by atoms with van der Waals surface area (Å²) < 4.78 is 34.3. The summed E-state index contributed by atoms with van der Waals surface area (Å²) >= 11 is 0. The largest absolute Gasteiger partial charge is 0.394 e. The number of nitrogens with one attached hydrogen (secondary N) is 1. The predicted molar refractivity (Wildman–Crippen MR) is 328 cm³/mol. The van der Waals surface area contributed by atoms with Crippen molar-refractivity contribution in [1.82, 2.24) is 5.32 Å². The Morgan fingerprint density at radius 2 is 0.753 bits per heavy atom. The number of aliphatic hydroxyl groups excluding tert-OH is 11. The molecule has 0 aliphatic carbocycles. The Morgan fingerprint density at radius 3 is 1.18 bits per heavy atom. The topological polar surface area (TPSA) is 307 Å². The molecule has 0 aromatic carbocycles. The minimum absolute atomic E-state index is 0.235. The standard InChI is InChI=1S/C66H121NO18/c1-3-5-7-9-11-13-15-17-19-21-22-23-24-25-26-28-29-31-33-35-37-39-41-43-50(71)49(67-54(72)44-42-40-38-36-34-32-30-27-20-18-16-14-12-10-8-6-4-2)48-80-64-60(78)57(75)62(52(46-69)82-64)85-66-61(79)58(76)63(53(47-70)83-66)84-65-59(77)56(74)55(73)51(45-68)81-65/h26,28,33,35,41,43,49-53,55-66,68-71,73-79H,3-25,27,29-32,34,36-40,42,44-48H2,1-2H3,(H,67,72)/b28-26+,35-33+,43-41+. The molecule has 85 heavy (non-hydrogen) atoms. The number of carbonyl (C=O) groups is 1. The Labute approximate surface area is 511 Å². The molecule has 0 radical (unpaired) electrons. The van der Waals surface area contributed by atoms with E-state index in [1.807, 2.05) is 6.08 Å². The number of unbranched alkanes of at least 4 members (excludes halogenated alkanes) is 31. The molecule has 0 aromatic rings. The highest BCUT2D eigenvalue weighted by molar-refractivity contribution is 5.76. The summed E-state index contributed by atoms with van der Waals surface area (Å²) in [6, 6.07) is -0.994. The second-order valence-corrected chi connectivity index (χ2v) is 24.3. The minimum atomic E-state index is -1.98. The summed E-state index contributed by atoms with van der Waals surface area (Å²) in [4.78, 5) is 13.4. The summed E-state index contributed by atoms with van der Waals surface area (Å²) in [6.07, 6.45) is 28.4. The lowest BCUT2D eigenvalue weighted by Gasteiger charge is -2.48. The van der Waals surface area contributed by atoms with E-state index in [-0.39, 0.29) is 18.9 Å². The summed E-state index contributed by atoms with van der Waals surface area (Å²) in [6.45, 7) is 1.72. The zero-order chi connectivity index (χ0) is 61.9. The lowest BCUT2D eigenvalue weighted by molar-refractivity contribution is -0.379. The van der Waals surface area contributed by atoms with Crippen molar-refractivity contribution < 1.29 is 89.4 Å². The molecule has 19 nitrogen and oxygen atoms in total. The third-order valence-corrected chi connectivity index (χ3v) is 16.9. The Kier molecular flexibility index (Phi) is 44.4. The van der Waals surface area contributed by atoms with Crippen LogP contribution < -0.4 is 5.32 Å². The highest BCUT2D eigenvalue weighted by Gasteiger charge is 2.53. The number of aliphatic hydroxyl groups is 11. The van der Waals surface area contributed by atoms with E-state index < -0.39 is 124 Å². The smallest absolute Gasteiger partial charge is 0.220 e. The maximum absolute atomic E-state index is 13.4. The van der Waals surface area contributed by atoms with Crippen LogP contribution in [0.15, 0.2) is 36.5 Å². The summed E-state index contributed by atoms with van der Waals surface area (Å²) in [5.41, 5.74) is 0. The van der Waals surface area contributed by atoms with Crippen LogP contribution in [0.4, 0.5) is 0 Å². The van der Waals surface area contributed by atoms with E-state index in [4.69, 9.17) is 28.4 Å². The van der Waals surface area contributed by atoms with Crippen molar-refractivity contribution in [2.24, 2.45) is 0 Å². The highest BCUT2D eigenvalue weighted by atomic mass is 16.8. The van der Waals surface area contributed by atoms with E-state index >= 15 is 0 Å². The predicted octanol–water partition coefficient (Wildman–Crippen LogP) is 8.05.